The smallest absolute Gasteiger partial charge is 0.232 e. The van der Waals surface area contributed by atoms with E-state index in [-0.39, 0.29) is 29.7 Å². The summed E-state index contributed by atoms with van der Waals surface area (Å²) in [5, 5.41) is 10.0. The van der Waals surface area contributed by atoms with E-state index in [9.17, 15) is 14.7 Å². The van der Waals surface area contributed by atoms with Gasteiger partial charge in [0.25, 0.3) is 0 Å². The number of carbonyl (C=O) groups excluding carboxylic acids is 2. The number of piperidine rings is 1. The number of hydrogen-bond donors (Lipinski definition) is 1. The Labute approximate surface area is 101 Å². The van der Waals surface area contributed by atoms with Crippen LogP contribution in [0.2, 0.25) is 0 Å². The number of carbonyl (C=O) groups is 2. The Morgan fingerprint density at radius 2 is 1.53 bits per heavy atom. The molecule has 1 aliphatic heterocycles. The lowest BCUT2D eigenvalue weighted by Gasteiger charge is -2.40. The van der Waals surface area contributed by atoms with Gasteiger partial charge in [0.2, 0.25) is 11.8 Å². The summed E-state index contributed by atoms with van der Waals surface area (Å²) in [6.45, 7) is 0. The first-order chi connectivity index (χ1) is 8.18. The Bertz CT molecular complexity index is 333. The van der Waals surface area contributed by atoms with Crippen LogP contribution < -0.4 is 0 Å². The zero-order valence-corrected chi connectivity index (χ0v) is 9.97. The number of fused-ring (bicyclic) bond motifs is 2. The topological polar surface area (TPSA) is 57.6 Å². The molecule has 1 heterocycles. The maximum atomic E-state index is 12.2. The van der Waals surface area contributed by atoms with Crippen LogP contribution >= 0.6 is 0 Å². The first kappa shape index (κ1) is 11.2. The zero-order chi connectivity index (χ0) is 12.0. The van der Waals surface area contributed by atoms with Crippen LogP contribution in [0.15, 0.2) is 0 Å². The Hall–Kier alpha value is -0.900. The highest BCUT2D eigenvalue weighted by atomic mass is 16.3. The van der Waals surface area contributed by atoms with Crippen molar-refractivity contribution in [2.45, 2.75) is 57.1 Å². The van der Waals surface area contributed by atoms with Crippen molar-refractivity contribution >= 4 is 11.8 Å². The number of imide groups is 1. The molecule has 3 rings (SSSR count). The average molecular weight is 237 g/mol. The molecule has 4 unspecified atom stereocenters. The SMILES string of the molecule is O=C1C2CCC(C2)C(=O)N1C1CCCCC1O. The Morgan fingerprint density at radius 1 is 0.941 bits per heavy atom. The highest BCUT2D eigenvalue weighted by Crippen LogP contribution is 2.40. The van der Waals surface area contributed by atoms with E-state index in [1.807, 2.05) is 0 Å². The van der Waals surface area contributed by atoms with Crippen LogP contribution in [0.25, 0.3) is 0 Å². The van der Waals surface area contributed by atoms with E-state index in [2.05, 4.69) is 0 Å². The third kappa shape index (κ3) is 1.69. The molecule has 0 radical (unpaired) electrons. The van der Waals surface area contributed by atoms with Crippen molar-refractivity contribution in [1.29, 1.82) is 0 Å². The second kappa shape index (κ2) is 4.09. The van der Waals surface area contributed by atoms with E-state index in [0.29, 0.717) is 0 Å². The summed E-state index contributed by atoms with van der Waals surface area (Å²) in [4.78, 5) is 25.9. The monoisotopic (exact) mass is 237 g/mol. The number of aliphatic hydroxyl groups excluding tert-OH is 1. The number of nitrogens with zero attached hydrogens (tertiary/aromatic N) is 1. The molecule has 0 aromatic carbocycles. The van der Waals surface area contributed by atoms with E-state index in [4.69, 9.17) is 0 Å². The number of aliphatic hydroxyl groups is 1. The standard InChI is InChI=1S/C13H19NO3/c15-11-4-2-1-3-10(11)14-12(16)8-5-6-9(7-8)13(14)17/h8-11,15H,1-7H2. The van der Waals surface area contributed by atoms with Crippen molar-refractivity contribution in [2.75, 3.05) is 0 Å². The normalized spacial score (nSPS) is 42.1. The molecule has 0 spiro atoms. The van der Waals surface area contributed by atoms with Gasteiger partial charge in [0.1, 0.15) is 0 Å². The maximum Gasteiger partial charge on any atom is 0.232 e. The van der Waals surface area contributed by atoms with Gasteiger partial charge < -0.3 is 5.11 Å². The van der Waals surface area contributed by atoms with Gasteiger partial charge in [-0.25, -0.2) is 0 Å². The van der Waals surface area contributed by atoms with Gasteiger partial charge in [-0.2, -0.15) is 0 Å². The number of amides is 2. The highest BCUT2D eigenvalue weighted by molar-refractivity contribution is 6.01. The van der Waals surface area contributed by atoms with Crippen LogP contribution in [-0.4, -0.2) is 34.0 Å². The van der Waals surface area contributed by atoms with E-state index in [1.165, 1.54) is 4.90 Å². The largest absolute Gasteiger partial charge is 0.391 e. The third-order valence-corrected chi connectivity index (χ3v) is 4.63. The van der Waals surface area contributed by atoms with Crippen LogP contribution in [0.1, 0.15) is 44.9 Å². The fourth-order valence-corrected chi connectivity index (χ4v) is 3.65. The molecular weight excluding hydrogens is 218 g/mol. The predicted octanol–water partition coefficient (Wildman–Crippen LogP) is 1.07. The molecule has 17 heavy (non-hydrogen) atoms. The summed E-state index contributed by atoms with van der Waals surface area (Å²) in [6, 6.07) is -0.243. The third-order valence-electron chi connectivity index (χ3n) is 4.63. The second-order valence-corrected chi connectivity index (χ2v) is 5.67. The predicted molar refractivity (Wildman–Crippen MR) is 60.9 cm³/mol. The number of hydrogen-bond acceptors (Lipinski definition) is 3. The molecule has 4 atom stereocenters. The summed E-state index contributed by atoms with van der Waals surface area (Å²) in [6.07, 6.45) is 5.46. The quantitative estimate of drug-likeness (QED) is 0.694. The highest BCUT2D eigenvalue weighted by Gasteiger charge is 2.49. The fourth-order valence-electron chi connectivity index (χ4n) is 3.65. The van der Waals surface area contributed by atoms with Gasteiger partial charge in [0.05, 0.1) is 12.1 Å². The van der Waals surface area contributed by atoms with Gasteiger partial charge >= 0.3 is 0 Å². The Morgan fingerprint density at radius 3 is 2.12 bits per heavy atom. The molecule has 4 nitrogen and oxygen atoms in total. The minimum absolute atomic E-state index is 0.0188. The molecule has 1 N–H and O–H groups in total. The second-order valence-electron chi connectivity index (χ2n) is 5.67. The van der Waals surface area contributed by atoms with Gasteiger partial charge in [0, 0.05) is 11.8 Å². The van der Waals surface area contributed by atoms with Crippen molar-refractivity contribution < 1.29 is 14.7 Å². The lowest BCUT2D eigenvalue weighted by Crippen LogP contribution is -2.56. The summed E-state index contributed by atoms with van der Waals surface area (Å²) in [7, 11) is 0. The zero-order valence-electron chi connectivity index (χ0n) is 9.97. The van der Waals surface area contributed by atoms with Gasteiger partial charge in [-0.3, -0.25) is 14.5 Å². The Balaban J connectivity index is 1.85. The summed E-state index contributed by atoms with van der Waals surface area (Å²) >= 11 is 0. The van der Waals surface area contributed by atoms with Crippen LogP contribution in [0.4, 0.5) is 0 Å². The van der Waals surface area contributed by atoms with Crippen molar-refractivity contribution in [3.8, 4) is 0 Å². The Kier molecular flexibility index (Phi) is 2.69. The minimum Gasteiger partial charge on any atom is -0.391 e. The van der Waals surface area contributed by atoms with Crippen molar-refractivity contribution in [2.24, 2.45) is 11.8 Å². The lowest BCUT2D eigenvalue weighted by atomic mass is 9.87. The molecule has 4 heteroatoms. The van der Waals surface area contributed by atoms with Crippen LogP contribution in [0.3, 0.4) is 0 Å². The average Bonchev–Trinajstić information content (AvgIpc) is 2.76. The first-order valence-corrected chi connectivity index (χ1v) is 6.73. The van der Waals surface area contributed by atoms with Crippen molar-refractivity contribution in [3.63, 3.8) is 0 Å². The molecule has 3 aliphatic rings. The molecule has 2 aliphatic carbocycles. The molecule has 2 amide bonds. The molecule has 2 saturated carbocycles. The lowest BCUT2D eigenvalue weighted by molar-refractivity contribution is -0.160. The molecule has 0 aromatic heterocycles. The van der Waals surface area contributed by atoms with Gasteiger partial charge in [-0.05, 0) is 32.1 Å². The van der Waals surface area contributed by atoms with Gasteiger partial charge in [-0.15, -0.1) is 0 Å². The number of rotatable bonds is 1. The number of likely N-dealkylation sites (tertiary alicyclic amines) is 1. The minimum atomic E-state index is -0.505. The van der Waals surface area contributed by atoms with Crippen LogP contribution in [-0.2, 0) is 9.59 Å². The molecule has 0 aromatic rings. The fraction of sp³-hybridized carbons (Fsp3) is 0.846. The van der Waals surface area contributed by atoms with E-state index in [1.54, 1.807) is 0 Å². The van der Waals surface area contributed by atoms with Crippen LogP contribution in [0, 0.1) is 11.8 Å². The first-order valence-electron chi connectivity index (χ1n) is 6.73. The van der Waals surface area contributed by atoms with Crippen molar-refractivity contribution in [3.05, 3.63) is 0 Å². The van der Waals surface area contributed by atoms with E-state index in [0.717, 1.165) is 44.9 Å². The van der Waals surface area contributed by atoms with E-state index >= 15 is 0 Å². The van der Waals surface area contributed by atoms with Gasteiger partial charge in [-0.1, -0.05) is 12.8 Å². The summed E-state index contributed by atoms with van der Waals surface area (Å²) < 4.78 is 0. The summed E-state index contributed by atoms with van der Waals surface area (Å²) in [5.74, 6) is 0.0584. The maximum absolute atomic E-state index is 12.2. The van der Waals surface area contributed by atoms with E-state index < -0.39 is 6.10 Å². The van der Waals surface area contributed by atoms with Gasteiger partial charge in [0.15, 0.2) is 0 Å². The molecule has 2 bridgehead atoms. The molecule has 94 valence electrons. The summed E-state index contributed by atoms with van der Waals surface area (Å²) in [5.41, 5.74) is 0. The molecular formula is C13H19NO3. The molecule has 1 saturated heterocycles. The van der Waals surface area contributed by atoms with Crippen molar-refractivity contribution in [1.82, 2.24) is 4.90 Å². The van der Waals surface area contributed by atoms with Crippen LogP contribution in [0.5, 0.6) is 0 Å². The molecule has 3 fully saturated rings.